The fourth-order valence-corrected chi connectivity index (χ4v) is 3.62. The van der Waals surface area contributed by atoms with Crippen LogP contribution in [0.25, 0.3) is 0 Å². The molecule has 1 unspecified atom stereocenters. The third-order valence-corrected chi connectivity index (χ3v) is 5.13. The lowest BCUT2D eigenvalue weighted by Crippen LogP contribution is -2.27. The van der Waals surface area contributed by atoms with Crippen molar-refractivity contribution in [1.29, 1.82) is 0 Å². The smallest absolute Gasteiger partial charge is 0.241 e. The first-order valence-corrected chi connectivity index (χ1v) is 9.18. The normalized spacial score (nSPS) is 12.4. The van der Waals surface area contributed by atoms with E-state index in [9.17, 15) is 18.0 Å². The SMILES string of the molecule is CC(=O)Nc1cccc(C(C)NS(=O)(=O)c2cccc(C(C)=O)c2)c1. The molecule has 0 aliphatic rings. The lowest BCUT2D eigenvalue weighted by atomic mass is 10.1. The topological polar surface area (TPSA) is 92.3 Å². The lowest BCUT2D eigenvalue weighted by molar-refractivity contribution is -0.114. The zero-order valence-corrected chi connectivity index (χ0v) is 15.1. The van der Waals surface area contributed by atoms with Gasteiger partial charge >= 0.3 is 0 Å². The van der Waals surface area contributed by atoms with Gasteiger partial charge in [-0.2, -0.15) is 0 Å². The van der Waals surface area contributed by atoms with Gasteiger partial charge in [0.2, 0.25) is 15.9 Å². The van der Waals surface area contributed by atoms with E-state index in [0.29, 0.717) is 16.8 Å². The molecule has 0 spiro atoms. The Labute approximate surface area is 147 Å². The van der Waals surface area contributed by atoms with Gasteiger partial charge < -0.3 is 5.32 Å². The average molecular weight is 360 g/mol. The van der Waals surface area contributed by atoms with Crippen LogP contribution in [0.2, 0.25) is 0 Å². The Morgan fingerprint density at radius 2 is 1.68 bits per heavy atom. The molecular weight excluding hydrogens is 340 g/mol. The minimum absolute atomic E-state index is 0.0325. The number of Topliss-reactive ketones (excluding diaryl/α,β-unsaturated/α-hetero) is 1. The summed E-state index contributed by atoms with van der Waals surface area (Å²) >= 11 is 0. The van der Waals surface area contributed by atoms with E-state index in [4.69, 9.17) is 0 Å². The van der Waals surface area contributed by atoms with Crippen molar-refractivity contribution in [1.82, 2.24) is 4.72 Å². The highest BCUT2D eigenvalue weighted by Gasteiger charge is 2.19. The van der Waals surface area contributed by atoms with E-state index in [1.807, 2.05) is 0 Å². The highest BCUT2D eigenvalue weighted by molar-refractivity contribution is 7.89. The van der Waals surface area contributed by atoms with Crippen molar-refractivity contribution in [3.8, 4) is 0 Å². The van der Waals surface area contributed by atoms with Crippen molar-refractivity contribution in [3.05, 3.63) is 59.7 Å². The third-order valence-electron chi connectivity index (χ3n) is 3.59. The second-order valence-corrected chi connectivity index (χ2v) is 7.45. The van der Waals surface area contributed by atoms with Gasteiger partial charge in [-0.25, -0.2) is 13.1 Å². The fraction of sp³-hybridized carbons (Fsp3) is 0.222. The van der Waals surface area contributed by atoms with E-state index in [0.717, 1.165) is 0 Å². The first-order valence-electron chi connectivity index (χ1n) is 7.70. The molecule has 132 valence electrons. The van der Waals surface area contributed by atoms with Gasteiger partial charge in [0, 0.05) is 24.2 Å². The Morgan fingerprint density at radius 1 is 1.00 bits per heavy atom. The summed E-state index contributed by atoms with van der Waals surface area (Å²) in [6.07, 6.45) is 0. The van der Waals surface area contributed by atoms with Crippen LogP contribution in [0.1, 0.15) is 42.7 Å². The highest BCUT2D eigenvalue weighted by Crippen LogP contribution is 2.20. The van der Waals surface area contributed by atoms with Gasteiger partial charge in [-0.15, -0.1) is 0 Å². The molecule has 1 atom stereocenters. The number of nitrogens with one attached hydrogen (secondary N) is 2. The van der Waals surface area contributed by atoms with Crippen molar-refractivity contribution in [2.45, 2.75) is 31.7 Å². The minimum atomic E-state index is -3.79. The molecule has 6 nitrogen and oxygen atoms in total. The number of amides is 1. The van der Waals surface area contributed by atoms with E-state index in [-0.39, 0.29) is 16.6 Å². The van der Waals surface area contributed by atoms with E-state index >= 15 is 0 Å². The zero-order valence-electron chi connectivity index (χ0n) is 14.2. The quantitative estimate of drug-likeness (QED) is 0.775. The molecular formula is C18H20N2O4S. The van der Waals surface area contributed by atoms with Gasteiger partial charge in [-0.1, -0.05) is 24.3 Å². The molecule has 0 aliphatic heterocycles. The third kappa shape index (κ3) is 4.98. The summed E-state index contributed by atoms with van der Waals surface area (Å²) in [6, 6.07) is 12.3. The summed E-state index contributed by atoms with van der Waals surface area (Å²) in [6.45, 7) is 4.50. The predicted octanol–water partition coefficient (Wildman–Crippen LogP) is 2.89. The molecule has 0 aromatic heterocycles. The number of hydrogen-bond donors (Lipinski definition) is 2. The van der Waals surface area contributed by atoms with Crippen LogP contribution in [0.5, 0.6) is 0 Å². The van der Waals surface area contributed by atoms with E-state index in [1.165, 1.54) is 32.0 Å². The summed E-state index contributed by atoms with van der Waals surface area (Å²) in [4.78, 5) is 22.6. The Bertz CT molecular complexity index is 907. The average Bonchev–Trinajstić information content (AvgIpc) is 2.54. The summed E-state index contributed by atoms with van der Waals surface area (Å²) in [5.74, 6) is -0.403. The molecule has 2 rings (SSSR count). The minimum Gasteiger partial charge on any atom is -0.326 e. The number of carbonyl (C=O) groups excluding carboxylic acids is 2. The number of benzene rings is 2. The number of ketones is 1. The van der Waals surface area contributed by atoms with Gasteiger partial charge in [0.15, 0.2) is 5.78 Å². The molecule has 0 saturated carbocycles. The van der Waals surface area contributed by atoms with Gasteiger partial charge in [0.25, 0.3) is 0 Å². The molecule has 0 radical (unpaired) electrons. The summed E-state index contributed by atoms with van der Waals surface area (Å²) in [5.41, 5.74) is 1.63. The monoisotopic (exact) mass is 360 g/mol. The van der Waals surface area contributed by atoms with Crippen molar-refractivity contribution >= 4 is 27.4 Å². The largest absolute Gasteiger partial charge is 0.326 e. The van der Waals surface area contributed by atoms with Crippen molar-refractivity contribution in [2.75, 3.05) is 5.32 Å². The molecule has 7 heteroatoms. The second kappa shape index (κ2) is 7.58. The number of rotatable bonds is 6. The number of anilines is 1. The van der Waals surface area contributed by atoms with Gasteiger partial charge in [-0.05, 0) is 43.7 Å². The molecule has 0 aliphatic carbocycles. The van der Waals surface area contributed by atoms with Gasteiger partial charge in [0.05, 0.1) is 4.90 Å². The molecule has 2 aromatic carbocycles. The van der Waals surface area contributed by atoms with Crippen molar-refractivity contribution < 1.29 is 18.0 Å². The maximum absolute atomic E-state index is 12.6. The van der Waals surface area contributed by atoms with Crippen LogP contribution in [0.4, 0.5) is 5.69 Å². The van der Waals surface area contributed by atoms with Crippen LogP contribution >= 0.6 is 0 Å². The standard InChI is InChI=1S/C18H20N2O4S/c1-12(15-6-4-8-17(10-15)19-14(3)22)20-25(23,24)18-9-5-7-16(11-18)13(2)21/h4-12,20H,1-3H3,(H,19,22). The fourth-order valence-electron chi connectivity index (χ4n) is 2.34. The molecule has 0 saturated heterocycles. The maximum atomic E-state index is 12.6. The van der Waals surface area contributed by atoms with Gasteiger partial charge in [-0.3, -0.25) is 9.59 Å². The molecule has 2 N–H and O–H groups in total. The Morgan fingerprint density at radius 3 is 2.32 bits per heavy atom. The molecule has 1 amide bonds. The second-order valence-electron chi connectivity index (χ2n) is 5.73. The van der Waals surface area contributed by atoms with Crippen LogP contribution in [-0.2, 0) is 14.8 Å². The van der Waals surface area contributed by atoms with Crippen LogP contribution in [0.3, 0.4) is 0 Å². The molecule has 0 bridgehead atoms. The van der Waals surface area contributed by atoms with E-state index in [1.54, 1.807) is 37.3 Å². The Balaban J connectivity index is 2.24. The Hall–Kier alpha value is -2.51. The highest BCUT2D eigenvalue weighted by atomic mass is 32.2. The van der Waals surface area contributed by atoms with Gasteiger partial charge in [0.1, 0.15) is 0 Å². The summed E-state index contributed by atoms with van der Waals surface area (Å²) in [7, 11) is -3.79. The maximum Gasteiger partial charge on any atom is 0.241 e. The zero-order chi connectivity index (χ0) is 18.6. The number of carbonyl (C=O) groups is 2. The molecule has 25 heavy (non-hydrogen) atoms. The molecule has 2 aromatic rings. The lowest BCUT2D eigenvalue weighted by Gasteiger charge is -2.16. The first-order chi connectivity index (χ1) is 11.7. The number of sulfonamides is 1. The van der Waals surface area contributed by atoms with E-state index in [2.05, 4.69) is 10.0 Å². The molecule has 0 heterocycles. The van der Waals surface area contributed by atoms with Crippen LogP contribution in [0, 0.1) is 0 Å². The van der Waals surface area contributed by atoms with E-state index < -0.39 is 16.1 Å². The van der Waals surface area contributed by atoms with Crippen LogP contribution in [-0.4, -0.2) is 20.1 Å². The van der Waals surface area contributed by atoms with Crippen LogP contribution in [0.15, 0.2) is 53.4 Å². The van der Waals surface area contributed by atoms with Crippen molar-refractivity contribution in [2.24, 2.45) is 0 Å². The Kier molecular flexibility index (Phi) is 5.71. The van der Waals surface area contributed by atoms with Crippen molar-refractivity contribution in [3.63, 3.8) is 0 Å². The summed E-state index contributed by atoms with van der Waals surface area (Å²) in [5, 5.41) is 2.66. The molecule has 0 fully saturated rings. The van der Waals surface area contributed by atoms with Crippen LogP contribution < -0.4 is 10.0 Å². The predicted molar refractivity (Wildman–Crippen MR) is 95.9 cm³/mol. The summed E-state index contributed by atoms with van der Waals surface area (Å²) < 4.78 is 27.7. The number of hydrogen-bond acceptors (Lipinski definition) is 4. The first kappa shape index (κ1) is 18.8.